The van der Waals surface area contributed by atoms with E-state index < -0.39 is 29.4 Å². The van der Waals surface area contributed by atoms with Crippen molar-refractivity contribution >= 4 is 5.91 Å². The van der Waals surface area contributed by atoms with Crippen LogP contribution in [0, 0.1) is 5.82 Å². The van der Waals surface area contributed by atoms with E-state index in [2.05, 4.69) is 10.1 Å². The molecule has 1 N–H and O–H groups in total. The molecule has 3 rings (SSSR count). The fraction of sp³-hybridized carbons (Fsp3) is 0.438. The molecule has 140 valence electrons. The summed E-state index contributed by atoms with van der Waals surface area (Å²) >= 11 is 0. The van der Waals surface area contributed by atoms with E-state index in [0.29, 0.717) is 18.2 Å². The van der Waals surface area contributed by atoms with Gasteiger partial charge in [0.15, 0.2) is 11.6 Å². The van der Waals surface area contributed by atoms with Crippen molar-refractivity contribution in [3.05, 3.63) is 41.6 Å². The lowest BCUT2D eigenvalue weighted by atomic mass is 9.95. The van der Waals surface area contributed by atoms with Gasteiger partial charge in [0.2, 0.25) is 5.60 Å². The molecule has 10 heteroatoms. The Morgan fingerprint density at radius 1 is 1.38 bits per heavy atom. The molecule has 0 radical (unpaired) electrons. The predicted octanol–water partition coefficient (Wildman–Crippen LogP) is 2.17. The van der Waals surface area contributed by atoms with E-state index in [1.807, 2.05) is 0 Å². The summed E-state index contributed by atoms with van der Waals surface area (Å²) < 4.78 is 54.1. The van der Waals surface area contributed by atoms with Crippen molar-refractivity contribution in [2.24, 2.45) is 0 Å². The SMILES string of the molecule is C[C@@H]1CN(C(=O)[C@@](C)(O)C(F)(F)F)Cc2cnn(-c3ncccc3F)c21. The first kappa shape index (κ1) is 18.3. The van der Waals surface area contributed by atoms with E-state index in [9.17, 15) is 27.5 Å². The molecule has 0 unspecified atom stereocenters. The van der Waals surface area contributed by atoms with Gasteiger partial charge in [0.1, 0.15) is 0 Å². The van der Waals surface area contributed by atoms with Gasteiger partial charge in [-0.15, -0.1) is 0 Å². The standard InChI is InChI=1S/C16H16F4N4O2/c1-9-7-23(14(25)15(2,26)16(18,19)20)8-10-6-22-24(12(9)10)13-11(17)4-3-5-21-13/h3-6,9,26H,7-8H2,1-2H3/t9-,15-/m1/s1. The predicted molar refractivity (Wildman–Crippen MR) is 81.8 cm³/mol. The number of aliphatic hydroxyl groups is 1. The summed E-state index contributed by atoms with van der Waals surface area (Å²) in [6, 6.07) is 2.65. The topological polar surface area (TPSA) is 71.2 Å². The number of carbonyl (C=O) groups is 1. The molecular weight excluding hydrogens is 356 g/mol. The normalized spacial score (nSPS) is 19.8. The van der Waals surface area contributed by atoms with Gasteiger partial charge in [0, 0.05) is 30.8 Å². The Kier molecular flexibility index (Phi) is 4.26. The minimum absolute atomic E-state index is 0.0253. The Morgan fingerprint density at radius 2 is 2.08 bits per heavy atom. The van der Waals surface area contributed by atoms with Crippen LogP contribution in [0.15, 0.2) is 24.5 Å². The zero-order chi connectivity index (χ0) is 19.3. The summed E-state index contributed by atoms with van der Waals surface area (Å²) in [6.07, 6.45) is -2.33. The molecule has 0 bridgehead atoms. The lowest BCUT2D eigenvalue weighted by molar-refractivity contribution is -0.250. The first-order chi connectivity index (χ1) is 12.0. The summed E-state index contributed by atoms with van der Waals surface area (Å²) in [4.78, 5) is 17.1. The van der Waals surface area contributed by atoms with Crippen LogP contribution in [0.3, 0.4) is 0 Å². The number of nitrogens with zero attached hydrogens (tertiary/aromatic N) is 4. The van der Waals surface area contributed by atoms with E-state index in [-0.39, 0.29) is 18.9 Å². The number of alkyl halides is 3. The van der Waals surface area contributed by atoms with Crippen LogP contribution in [0.5, 0.6) is 0 Å². The van der Waals surface area contributed by atoms with Gasteiger partial charge in [-0.2, -0.15) is 18.3 Å². The maximum Gasteiger partial charge on any atom is 0.426 e. The van der Waals surface area contributed by atoms with Gasteiger partial charge in [-0.1, -0.05) is 6.92 Å². The van der Waals surface area contributed by atoms with Crippen LogP contribution in [0.25, 0.3) is 5.82 Å². The third-order valence-electron chi connectivity index (χ3n) is 4.40. The summed E-state index contributed by atoms with van der Waals surface area (Å²) in [5.74, 6) is -2.48. The van der Waals surface area contributed by atoms with Crippen LogP contribution in [0.4, 0.5) is 17.6 Å². The number of fused-ring (bicyclic) bond motifs is 1. The number of aromatic nitrogens is 3. The molecule has 1 amide bonds. The van der Waals surface area contributed by atoms with Crippen LogP contribution >= 0.6 is 0 Å². The van der Waals surface area contributed by atoms with Crippen LogP contribution in [-0.2, 0) is 11.3 Å². The second-order valence-electron chi connectivity index (χ2n) is 6.43. The number of rotatable bonds is 2. The molecule has 0 saturated heterocycles. The molecule has 1 aliphatic rings. The lowest BCUT2D eigenvalue weighted by Gasteiger charge is -2.36. The first-order valence-electron chi connectivity index (χ1n) is 7.80. The molecule has 2 aromatic rings. The van der Waals surface area contributed by atoms with Crippen LogP contribution in [-0.4, -0.2) is 49.0 Å². The molecule has 0 fully saturated rings. The molecule has 0 spiro atoms. The van der Waals surface area contributed by atoms with E-state index in [0.717, 1.165) is 4.90 Å². The lowest BCUT2D eigenvalue weighted by Crippen LogP contribution is -2.57. The smallest absolute Gasteiger partial charge is 0.373 e. The Bertz CT molecular complexity index is 847. The van der Waals surface area contributed by atoms with Gasteiger partial charge in [-0.05, 0) is 19.1 Å². The number of hydrogen-bond acceptors (Lipinski definition) is 4. The van der Waals surface area contributed by atoms with Crippen molar-refractivity contribution in [1.82, 2.24) is 19.7 Å². The Labute approximate surface area is 146 Å². The fourth-order valence-corrected chi connectivity index (χ4v) is 3.01. The highest BCUT2D eigenvalue weighted by Gasteiger charge is 2.57. The highest BCUT2D eigenvalue weighted by Crippen LogP contribution is 2.35. The number of amides is 1. The van der Waals surface area contributed by atoms with Gasteiger partial charge in [-0.25, -0.2) is 14.1 Å². The summed E-state index contributed by atoms with van der Waals surface area (Å²) in [5.41, 5.74) is -2.44. The molecule has 6 nitrogen and oxygen atoms in total. The first-order valence-corrected chi connectivity index (χ1v) is 7.80. The third-order valence-corrected chi connectivity index (χ3v) is 4.40. The average Bonchev–Trinajstić information content (AvgIpc) is 2.97. The van der Waals surface area contributed by atoms with Crippen molar-refractivity contribution in [1.29, 1.82) is 0 Å². The number of pyridine rings is 1. The quantitative estimate of drug-likeness (QED) is 0.821. The number of carbonyl (C=O) groups excluding carboxylic acids is 1. The largest absolute Gasteiger partial charge is 0.426 e. The maximum absolute atomic E-state index is 14.0. The van der Waals surface area contributed by atoms with Gasteiger partial charge >= 0.3 is 6.18 Å². The second kappa shape index (κ2) is 6.04. The van der Waals surface area contributed by atoms with Crippen LogP contribution in [0.1, 0.15) is 31.0 Å². The van der Waals surface area contributed by atoms with Gasteiger partial charge in [0.25, 0.3) is 5.91 Å². The molecule has 0 aliphatic carbocycles. The van der Waals surface area contributed by atoms with E-state index in [1.165, 1.54) is 29.2 Å². The Balaban J connectivity index is 1.94. The highest BCUT2D eigenvalue weighted by atomic mass is 19.4. The molecule has 2 aromatic heterocycles. The van der Waals surface area contributed by atoms with Crippen LogP contribution < -0.4 is 0 Å². The molecule has 0 saturated carbocycles. The van der Waals surface area contributed by atoms with Crippen molar-refractivity contribution in [3.63, 3.8) is 0 Å². The highest BCUT2D eigenvalue weighted by molar-refractivity contribution is 5.85. The Morgan fingerprint density at radius 3 is 2.69 bits per heavy atom. The van der Waals surface area contributed by atoms with Gasteiger partial charge in [-0.3, -0.25) is 4.79 Å². The fourth-order valence-electron chi connectivity index (χ4n) is 3.01. The van der Waals surface area contributed by atoms with Crippen molar-refractivity contribution in [3.8, 4) is 5.82 Å². The molecule has 1 aliphatic heterocycles. The minimum atomic E-state index is -5.09. The zero-order valence-electron chi connectivity index (χ0n) is 14.0. The molecular formula is C16H16F4N4O2. The summed E-state index contributed by atoms with van der Waals surface area (Å²) in [6.45, 7) is 1.87. The molecule has 0 aromatic carbocycles. The number of halogens is 4. The zero-order valence-corrected chi connectivity index (χ0v) is 14.0. The van der Waals surface area contributed by atoms with E-state index >= 15 is 0 Å². The molecule has 3 heterocycles. The van der Waals surface area contributed by atoms with Crippen molar-refractivity contribution in [2.45, 2.75) is 38.1 Å². The van der Waals surface area contributed by atoms with Crippen molar-refractivity contribution in [2.75, 3.05) is 6.54 Å². The molecule has 2 atom stereocenters. The summed E-state index contributed by atoms with van der Waals surface area (Å²) in [5, 5.41) is 13.7. The van der Waals surface area contributed by atoms with Crippen LogP contribution in [0.2, 0.25) is 0 Å². The molecule has 26 heavy (non-hydrogen) atoms. The Hall–Kier alpha value is -2.49. The number of hydrogen-bond donors (Lipinski definition) is 1. The van der Waals surface area contributed by atoms with E-state index in [4.69, 9.17) is 0 Å². The minimum Gasteiger partial charge on any atom is -0.373 e. The average molecular weight is 372 g/mol. The van der Waals surface area contributed by atoms with Crippen molar-refractivity contribution < 1.29 is 27.5 Å². The van der Waals surface area contributed by atoms with E-state index in [1.54, 1.807) is 6.92 Å². The second-order valence-corrected chi connectivity index (χ2v) is 6.43. The third kappa shape index (κ3) is 2.83. The van der Waals surface area contributed by atoms with Gasteiger partial charge < -0.3 is 10.0 Å². The summed E-state index contributed by atoms with van der Waals surface area (Å²) in [7, 11) is 0. The monoisotopic (exact) mass is 372 g/mol. The maximum atomic E-state index is 14.0. The van der Waals surface area contributed by atoms with Gasteiger partial charge in [0.05, 0.1) is 11.9 Å².